The zero-order valence-corrected chi connectivity index (χ0v) is 10.1. The lowest BCUT2D eigenvalue weighted by molar-refractivity contribution is 0.281. The van der Waals surface area contributed by atoms with Crippen LogP contribution in [0.15, 0.2) is 17.5 Å². The molecule has 68 valence electrons. The van der Waals surface area contributed by atoms with E-state index in [-0.39, 0.29) is 6.61 Å². The Morgan fingerprint density at radius 2 is 2.23 bits per heavy atom. The van der Waals surface area contributed by atoms with Crippen LogP contribution >= 0.6 is 33.9 Å². The number of benzene rings is 1. The molecule has 0 unspecified atom stereocenters. The number of hydrogen-bond donors (Lipinski definition) is 1. The molecule has 1 nitrogen and oxygen atoms in total. The SMILES string of the molecule is Cc1csc2cc(CO)c(I)cc12. The van der Waals surface area contributed by atoms with Crippen LogP contribution < -0.4 is 0 Å². The predicted molar refractivity (Wildman–Crippen MR) is 65.2 cm³/mol. The summed E-state index contributed by atoms with van der Waals surface area (Å²) in [6.45, 7) is 2.25. The molecule has 0 spiro atoms. The van der Waals surface area contributed by atoms with Gasteiger partial charge in [-0.05, 0) is 63.5 Å². The molecule has 0 saturated carbocycles. The van der Waals surface area contributed by atoms with Gasteiger partial charge < -0.3 is 5.11 Å². The third-order valence-corrected chi connectivity index (χ3v) is 4.17. The first kappa shape index (κ1) is 9.43. The lowest BCUT2D eigenvalue weighted by Gasteiger charge is -2.01. The van der Waals surface area contributed by atoms with Crippen LogP contribution in [-0.2, 0) is 6.61 Å². The maximum Gasteiger partial charge on any atom is 0.0692 e. The van der Waals surface area contributed by atoms with E-state index in [1.165, 1.54) is 15.6 Å². The minimum Gasteiger partial charge on any atom is -0.392 e. The zero-order valence-electron chi connectivity index (χ0n) is 7.17. The average Bonchev–Trinajstić information content (AvgIpc) is 2.47. The summed E-state index contributed by atoms with van der Waals surface area (Å²) >= 11 is 4.01. The van der Waals surface area contributed by atoms with Gasteiger partial charge in [-0.1, -0.05) is 0 Å². The van der Waals surface area contributed by atoms with Crippen LogP contribution in [0.2, 0.25) is 0 Å². The molecular formula is C10H9IOS. The summed E-state index contributed by atoms with van der Waals surface area (Å²) in [7, 11) is 0. The van der Waals surface area contributed by atoms with Gasteiger partial charge in [0.15, 0.2) is 0 Å². The minimum absolute atomic E-state index is 0.130. The van der Waals surface area contributed by atoms with E-state index in [1.807, 2.05) is 0 Å². The summed E-state index contributed by atoms with van der Waals surface area (Å²) in [6, 6.07) is 4.22. The Bertz CT molecular complexity index is 447. The van der Waals surface area contributed by atoms with Crippen molar-refractivity contribution in [3.05, 3.63) is 32.2 Å². The molecule has 13 heavy (non-hydrogen) atoms. The van der Waals surface area contributed by atoms with Crippen molar-refractivity contribution >= 4 is 44.0 Å². The number of rotatable bonds is 1. The van der Waals surface area contributed by atoms with Crippen molar-refractivity contribution < 1.29 is 5.11 Å². The summed E-state index contributed by atoms with van der Waals surface area (Å²) in [5.74, 6) is 0. The lowest BCUT2D eigenvalue weighted by Crippen LogP contribution is -1.87. The Morgan fingerprint density at radius 3 is 2.92 bits per heavy atom. The van der Waals surface area contributed by atoms with E-state index in [1.54, 1.807) is 11.3 Å². The predicted octanol–water partition coefficient (Wildman–Crippen LogP) is 3.31. The number of aryl methyl sites for hydroxylation is 1. The highest BCUT2D eigenvalue weighted by Gasteiger charge is 2.04. The van der Waals surface area contributed by atoms with Gasteiger partial charge >= 0.3 is 0 Å². The van der Waals surface area contributed by atoms with Gasteiger partial charge in [-0.25, -0.2) is 0 Å². The third kappa shape index (κ3) is 1.60. The Morgan fingerprint density at radius 1 is 1.46 bits per heavy atom. The second-order valence-electron chi connectivity index (χ2n) is 3.02. The fourth-order valence-electron chi connectivity index (χ4n) is 1.34. The molecule has 2 aromatic rings. The maximum absolute atomic E-state index is 9.08. The second kappa shape index (κ2) is 3.55. The Labute approximate surface area is 94.5 Å². The molecule has 1 N–H and O–H groups in total. The number of hydrogen-bond acceptors (Lipinski definition) is 2. The molecule has 0 aliphatic rings. The number of aliphatic hydroxyl groups is 1. The summed E-state index contributed by atoms with van der Waals surface area (Å²) in [5, 5.41) is 12.6. The molecule has 0 bridgehead atoms. The van der Waals surface area contributed by atoms with Crippen molar-refractivity contribution in [2.75, 3.05) is 0 Å². The van der Waals surface area contributed by atoms with E-state index < -0.39 is 0 Å². The van der Waals surface area contributed by atoms with Gasteiger partial charge in [-0.15, -0.1) is 11.3 Å². The number of thiophene rings is 1. The summed E-state index contributed by atoms with van der Waals surface area (Å²) in [4.78, 5) is 0. The Balaban J connectivity index is 2.76. The number of fused-ring (bicyclic) bond motifs is 1. The normalized spacial score (nSPS) is 11.0. The summed E-state index contributed by atoms with van der Waals surface area (Å²) in [6.07, 6.45) is 0. The smallest absolute Gasteiger partial charge is 0.0692 e. The fourth-order valence-corrected chi connectivity index (χ4v) is 2.96. The van der Waals surface area contributed by atoms with Crippen molar-refractivity contribution in [2.24, 2.45) is 0 Å². The standard InChI is InChI=1S/C10H9IOS/c1-6-5-13-10-2-7(4-12)9(11)3-8(6)10/h2-3,5,12H,4H2,1H3. The minimum atomic E-state index is 0.130. The molecule has 0 aliphatic carbocycles. The lowest BCUT2D eigenvalue weighted by atomic mass is 10.1. The monoisotopic (exact) mass is 304 g/mol. The van der Waals surface area contributed by atoms with E-state index in [4.69, 9.17) is 5.11 Å². The molecule has 3 heteroatoms. The van der Waals surface area contributed by atoms with Gasteiger partial charge in [-0.2, -0.15) is 0 Å². The first-order valence-corrected chi connectivity index (χ1v) is 5.95. The first-order valence-electron chi connectivity index (χ1n) is 3.99. The highest BCUT2D eigenvalue weighted by Crippen LogP contribution is 2.29. The molecule has 1 aromatic heterocycles. The van der Waals surface area contributed by atoms with E-state index in [0.29, 0.717) is 0 Å². The zero-order chi connectivity index (χ0) is 9.42. The van der Waals surface area contributed by atoms with Gasteiger partial charge in [0.1, 0.15) is 0 Å². The molecule has 0 aliphatic heterocycles. The van der Waals surface area contributed by atoms with Crippen molar-refractivity contribution in [1.82, 2.24) is 0 Å². The van der Waals surface area contributed by atoms with Crippen LogP contribution in [-0.4, -0.2) is 5.11 Å². The molecule has 0 radical (unpaired) electrons. The average molecular weight is 304 g/mol. The molecule has 1 heterocycles. The molecule has 0 fully saturated rings. The quantitative estimate of drug-likeness (QED) is 0.802. The van der Waals surface area contributed by atoms with Crippen molar-refractivity contribution in [3.8, 4) is 0 Å². The third-order valence-electron chi connectivity index (χ3n) is 2.11. The van der Waals surface area contributed by atoms with Crippen LogP contribution in [0.5, 0.6) is 0 Å². The van der Waals surface area contributed by atoms with E-state index in [9.17, 15) is 0 Å². The summed E-state index contributed by atoms with van der Waals surface area (Å²) < 4.78 is 2.41. The van der Waals surface area contributed by atoms with E-state index in [2.05, 4.69) is 47.0 Å². The van der Waals surface area contributed by atoms with Gasteiger partial charge in [0.2, 0.25) is 0 Å². The van der Waals surface area contributed by atoms with Gasteiger partial charge in [-0.3, -0.25) is 0 Å². The van der Waals surface area contributed by atoms with Crippen molar-refractivity contribution in [3.63, 3.8) is 0 Å². The Hall–Kier alpha value is -0.130. The first-order chi connectivity index (χ1) is 6.22. The fraction of sp³-hybridized carbons (Fsp3) is 0.200. The highest BCUT2D eigenvalue weighted by molar-refractivity contribution is 14.1. The van der Waals surface area contributed by atoms with Crippen LogP contribution in [0, 0.1) is 10.5 Å². The summed E-state index contributed by atoms with van der Waals surface area (Å²) in [5.41, 5.74) is 2.34. The largest absolute Gasteiger partial charge is 0.392 e. The highest BCUT2D eigenvalue weighted by atomic mass is 127. The van der Waals surface area contributed by atoms with Crippen LogP contribution in [0.1, 0.15) is 11.1 Å². The van der Waals surface area contributed by atoms with Gasteiger partial charge in [0.25, 0.3) is 0 Å². The molecule has 1 aromatic carbocycles. The molecule has 0 amide bonds. The molecule has 2 rings (SSSR count). The van der Waals surface area contributed by atoms with Crippen molar-refractivity contribution in [1.29, 1.82) is 0 Å². The number of halogens is 1. The maximum atomic E-state index is 9.08. The van der Waals surface area contributed by atoms with Crippen molar-refractivity contribution in [2.45, 2.75) is 13.5 Å². The molecule has 0 atom stereocenters. The second-order valence-corrected chi connectivity index (χ2v) is 5.09. The molecular weight excluding hydrogens is 295 g/mol. The van der Waals surface area contributed by atoms with E-state index in [0.717, 1.165) is 9.13 Å². The topological polar surface area (TPSA) is 20.2 Å². The van der Waals surface area contributed by atoms with Crippen LogP contribution in [0.4, 0.5) is 0 Å². The Kier molecular flexibility index (Phi) is 2.58. The number of aliphatic hydroxyl groups excluding tert-OH is 1. The van der Waals surface area contributed by atoms with Gasteiger partial charge in [0, 0.05) is 8.27 Å². The van der Waals surface area contributed by atoms with Crippen LogP contribution in [0.25, 0.3) is 10.1 Å². The van der Waals surface area contributed by atoms with Gasteiger partial charge in [0.05, 0.1) is 6.61 Å². The molecule has 0 saturated heterocycles. The van der Waals surface area contributed by atoms with E-state index >= 15 is 0 Å². The van der Waals surface area contributed by atoms with Crippen LogP contribution in [0.3, 0.4) is 0 Å².